The summed E-state index contributed by atoms with van der Waals surface area (Å²) in [6, 6.07) is 0. The van der Waals surface area contributed by atoms with E-state index in [1.165, 1.54) is 148 Å². The molecule has 0 aromatic rings. The summed E-state index contributed by atoms with van der Waals surface area (Å²) in [5.41, 5.74) is 0. The van der Waals surface area contributed by atoms with E-state index in [9.17, 15) is 14.4 Å². The van der Waals surface area contributed by atoms with Crippen LogP contribution in [0, 0.1) is 0 Å². The van der Waals surface area contributed by atoms with E-state index in [-0.39, 0.29) is 31.1 Å². The van der Waals surface area contributed by atoms with Crippen LogP contribution in [0.1, 0.15) is 271 Å². The first-order valence-corrected chi connectivity index (χ1v) is 26.0. The molecule has 0 saturated heterocycles. The third kappa shape index (κ3) is 46.7. The van der Waals surface area contributed by atoms with Crippen molar-refractivity contribution < 1.29 is 28.6 Å². The van der Waals surface area contributed by atoms with Gasteiger partial charge in [0.05, 0.1) is 0 Å². The Hall–Kier alpha value is -2.37. The number of esters is 3. The van der Waals surface area contributed by atoms with Crippen LogP contribution in [0.25, 0.3) is 0 Å². The van der Waals surface area contributed by atoms with Crippen molar-refractivity contribution in [3.63, 3.8) is 0 Å². The van der Waals surface area contributed by atoms with Gasteiger partial charge in [-0.05, 0) is 51.4 Å². The van der Waals surface area contributed by atoms with E-state index in [0.717, 1.165) is 83.5 Å². The molecular formula is C54H98O6. The van der Waals surface area contributed by atoms with E-state index in [0.29, 0.717) is 19.3 Å². The number of hydrogen-bond acceptors (Lipinski definition) is 6. The molecule has 0 N–H and O–H groups in total. The summed E-state index contributed by atoms with van der Waals surface area (Å²) < 4.78 is 16.8. The van der Waals surface area contributed by atoms with Crippen molar-refractivity contribution in [1.82, 2.24) is 0 Å². The van der Waals surface area contributed by atoms with Crippen molar-refractivity contribution >= 4 is 17.9 Å². The third-order valence-electron chi connectivity index (χ3n) is 11.4. The second kappa shape index (κ2) is 49.3. The molecule has 0 aromatic heterocycles. The highest BCUT2D eigenvalue weighted by Crippen LogP contribution is 2.16. The van der Waals surface area contributed by atoms with Crippen molar-refractivity contribution in [2.45, 2.75) is 277 Å². The van der Waals surface area contributed by atoms with Gasteiger partial charge in [0.1, 0.15) is 13.2 Å². The van der Waals surface area contributed by atoms with Gasteiger partial charge in [-0.3, -0.25) is 14.4 Å². The zero-order chi connectivity index (χ0) is 43.7. The second-order valence-electron chi connectivity index (χ2n) is 17.4. The fourth-order valence-corrected chi connectivity index (χ4v) is 7.52. The zero-order valence-corrected chi connectivity index (χ0v) is 40.0. The Morgan fingerprint density at radius 3 is 1.02 bits per heavy atom. The second-order valence-corrected chi connectivity index (χ2v) is 17.4. The smallest absolute Gasteiger partial charge is 0.306 e. The topological polar surface area (TPSA) is 78.9 Å². The Morgan fingerprint density at radius 1 is 0.350 bits per heavy atom. The molecule has 1 unspecified atom stereocenters. The Balaban J connectivity index is 4.36. The molecule has 0 aromatic carbocycles. The first-order valence-electron chi connectivity index (χ1n) is 26.0. The van der Waals surface area contributed by atoms with Crippen molar-refractivity contribution in [2.75, 3.05) is 13.2 Å². The lowest BCUT2D eigenvalue weighted by atomic mass is 10.0. The standard InChI is InChI=1S/C54H98O6/c1-4-7-10-13-16-19-22-25-26-27-30-32-35-38-41-44-47-53(56)59-50-51(60-54(57)48-45-42-39-36-33-29-24-21-18-15-12-9-6-3)49-58-52(55)46-43-40-37-34-31-28-23-20-17-14-11-8-5-2/h7,10,16,19,25-26,51H,4-6,8-9,11-15,17-18,20-24,27-50H2,1-3H3/b10-7-,19-16-,26-25-. The van der Waals surface area contributed by atoms with Gasteiger partial charge in [0.2, 0.25) is 0 Å². The Kier molecular flexibility index (Phi) is 47.3. The number of carbonyl (C=O) groups excluding carboxylic acids is 3. The molecule has 0 bridgehead atoms. The number of carbonyl (C=O) groups is 3. The van der Waals surface area contributed by atoms with Gasteiger partial charge in [-0.15, -0.1) is 0 Å². The molecule has 60 heavy (non-hydrogen) atoms. The summed E-state index contributed by atoms with van der Waals surface area (Å²) in [6.45, 7) is 6.54. The molecule has 0 spiro atoms. The molecule has 0 amide bonds. The van der Waals surface area contributed by atoms with E-state index in [1.54, 1.807) is 0 Å². The minimum Gasteiger partial charge on any atom is -0.462 e. The average molecular weight is 843 g/mol. The maximum Gasteiger partial charge on any atom is 0.306 e. The molecule has 0 saturated carbocycles. The summed E-state index contributed by atoms with van der Waals surface area (Å²) >= 11 is 0. The Morgan fingerprint density at radius 2 is 0.650 bits per heavy atom. The van der Waals surface area contributed by atoms with Crippen molar-refractivity contribution in [3.05, 3.63) is 36.5 Å². The fourth-order valence-electron chi connectivity index (χ4n) is 7.52. The molecule has 6 nitrogen and oxygen atoms in total. The van der Waals surface area contributed by atoms with Crippen molar-refractivity contribution in [1.29, 1.82) is 0 Å². The molecule has 0 radical (unpaired) electrons. The molecule has 0 fully saturated rings. The monoisotopic (exact) mass is 843 g/mol. The zero-order valence-electron chi connectivity index (χ0n) is 40.0. The molecular weight excluding hydrogens is 745 g/mol. The summed E-state index contributed by atoms with van der Waals surface area (Å²) in [4.78, 5) is 38.0. The van der Waals surface area contributed by atoms with Gasteiger partial charge >= 0.3 is 17.9 Å². The average Bonchev–Trinajstić information content (AvgIpc) is 3.24. The van der Waals surface area contributed by atoms with Gasteiger partial charge in [-0.2, -0.15) is 0 Å². The van der Waals surface area contributed by atoms with Gasteiger partial charge in [0.15, 0.2) is 6.10 Å². The fraction of sp³-hybridized carbons (Fsp3) is 0.833. The number of ether oxygens (including phenoxy) is 3. The highest BCUT2D eigenvalue weighted by atomic mass is 16.6. The highest BCUT2D eigenvalue weighted by molar-refractivity contribution is 5.71. The van der Waals surface area contributed by atoms with Gasteiger partial charge in [0.25, 0.3) is 0 Å². The van der Waals surface area contributed by atoms with Crippen LogP contribution in [0.5, 0.6) is 0 Å². The molecule has 0 aliphatic carbocycles. The van der Waals surface area contributed by atoms with E-state index < -0.39 is 6.10 Å². The molecule has 0 rings (SSSR count). The van der Waals surface area contributed by atoms with Crippen LogP contribution in [-0.4, -0.2) is 37.2 Å². The highest BCUT2D eigenvalue weighted by Gasteiger charge is 2.19. The summed E-state index contributed by atoms with van der Waals surface area (Å²) in [6.07, 6.45) is 56.9. The molecule has 0 aliphatic heterocycles. The third-order valence-corrected chi connectivity index (χ3v) is 11.4. The van der Waals surface area contributed by atoms with Crippen molar-refractivity contribution in [2.24, 2.45) is 0 Å². The summed E-state index contributed by atoms with van der Waals surface area (Å²) in [5.74, 6) is -0.873. The number of hydrogen-bond donors (Lipinski definition) is 0. The van der Waals surface area contributed by atoms with Gasteiger partial charge in [-0.1, -0.05) is 237 Å². The van der Waals surface area contributed by atoms with Crippen LogP contribution in [0.4, 0.5) is 0 Å². The van der Waals surface area contributed by atoms with Crippen LogP contribution < -0.4 is 0 Å². The SMILES string of the molecule is CC/C=C\C/C=C\C/C=C\CCCCCCCCC(=O)OCC(COC(=O)CCCCCCCCCCCCCCC)OC(=O)CCCCCCCCCCCCCCC. The van der Waals surface area contributed by atoms with E-state index in [1.807, 2.05) is 0 Å². The van der Waals surface area contributed by atoms with Crippen molar-refractivity contribution in [3.8, 4) is 0 Å². The van der Waals surface area contributed by atoms with Crippen LogP contribution in [0.2, 0.25) is 0 Å². The van der Waals surface area contributed by atoms with Gasteiger partial charge < -0.3 is 14.2 Å². The quantitative estimate of drug-likeness (QED) is 0.0263. The maximum atomic E-state index is 12.8. The molecule has 0 aliphatic rings. The number of unbranched alkanes of at least 4 members (excludes halogenated alkanes) is 30. The van der Waals surface area contributed by atoms with Crippen LogP contribution in [0.3, 0.4) is 0 Å². The number of allylic oxidation sites excluding steroid dienone is 6. The minimum atomic E-state index is -0.771. The normalized spacial score (nSPS) is 12.2. The first kappa shape index (κ1) is 57.6. The Bertz CT molecular complexity index is 1020. The molecule has 1 atom stereocenters. The lowest BCUT2D eigenvalue weighted by molar-refractivity contribution is -0.167. The predicted molar refractivity (Wildman–Crippen MR) is 256 cm³/mol. The number of rotatable bonds is 47. The summed E-state index contributed by atoms with van der Waals surface area (Å²) in [7, 11) is 0. The maximum absolute atomic E-state index is 12.8. The van der Waals surface area contributed by atoms with Crippen LogP contribution >= 0.6 is 0 Å². The largest absolute Gasteiger partial charge is 0.462 e. The lowest BCUT2D eigenvalue weighted by Crippen LogP contribution is -2.30. The molecule has 350 valence electrons. The predicted octanol–water partition coefficient (Wildman–Crippen LogP) is 16.9. The van der Waals surface area contributed by atoms with E-state index in [2.05, 4.69) is 57.2 Å². The van der Waals surface area contributed by atoms with Gasteiger partial charge in [-0.25, -0.2) is 0 Å². The minimum absolute atomic E-state index is 0.0720. The van der Waals surface area contributed by atoms with Crippen LogP contribution in [-0.2, 0) is 28.6 Å². The molecule has 6 heteroatoms. The van der Waals surface area contributed by atoms with Crippen LogP contribution in [0.15, 0.2) is 36.5 Å². The molecule has 0 heterocycles. The van der Waals surface area contributed by atoms with E-state index in [4.69, 9.17) is 14.2 Å². The Labute approximate surface area is 372 Å². The first-order chi connectivity index (χ1) is 29.5. The summed E-state index contributed by atoms with van der Waals surface area (Å²) in [5, 5.41) is 0. The van der Waals surface area contributed by atoms with Gasteiger partial charge in [0, 0.05) is 19.3 Å². The van der Waals surface area contributed by atoms with E-state index >= 15 is 0 Å². The lowest BCUT2D eigenvalue weighted by Gasteiger charge is -2.18.